The Labute approximate surface area is 165 Å². The summed E-state index contributed by atoms with van der Waals surface area (Å²) in [7, 11) is 1.91. The quantitative estimate of drug-likeness (QED) is 0.326. The van der Waals surface area contributed by atoms with Gasteiger partial charge in [-0.25, -0.2) is 4.39 Å². The van der Waals surface area contributed by atoms with E-state index in [1.54, 1.807) is 6.07 Å². The summed E-state index contributed by atoms with van der Waals surface area (Å²) >= 11 is 0. The van der Waals surface area contributed by atoms with Crippen LogP contribution in [0.4, 0.5) is 4.39 Å². The van der Waals surface area contributed by atoms with Crippen molar-refractivity contribution in [1.82, 2.24) is 10.6 Å². The molecule has 3 heteroatoms. The largest absolute Gasteiger partial charge is 0.391 e. The summed E-state index contributed by atoms with van der Waals surface area (Å²) < 4.78 is 13.9. The Bertz CT molecular complexity index is 629. The summed E-state index contributed by atoms with van der Waals surface area (Å²) in [4.78, 5) is 0. The molecule has 2 atom stereocenters. The molecule has 0 fully saturated rings. The zero-order chi connectivity index (χ0) is 20.2. The van der Waals surface area contributed by atoms with Crippen LogP contribution in [0.25, 0.3) is 0 Å². The van der Waals surface area contributed by atoms with Crippen molar-refractivity contribution >= 4 is 0 Å². The molecular weight excluding hydrogens is 335 g/mol. The Hall–Kier alpha value is -1.83. The van der Waals surface area contributed by atoms with E-state index in [2.05, 4.69) is 36.4 Å². The molecule has 2 N–H and O–H groups in total. The van der Waals surface area contributed by atoms with Crippen LogP contribution >= 0.6 is 0 Å². The van der Waals surface area contributed by atoms with Gasteiger partial charge in [-0.15, -0.1) is 5.73 Å². The maximum Gasteiger partial charge on any atom is 0.126 e. The smallest absolute Gasteiger partial charge is 0.126 e. The fourth-order valence-electron chi connectivity index (χ4n) is 3.26. The van der Waals surface area contributed by atoms with Gasteiger partial charge in [0, 0.05) is 18.8 Å². The maximum atomic E-state index is 13.9. The minimum Gasteiger partial charge on any atom is -0.391 e. The first-order valence-corrected chi connectivity index (χ1v) is 10.1. The van der Waals surface area contributed by atoms with Crippen LogP contribution in [0.3, 0.4) is 0 Å². The van der Waals surface area contributed by atoms with Gasteiger partial charge in [-0.2, -0.15) is 0 Å². The molecule has 0 heterocycles. The van der Waals surface area contributed by atoms with E-state index in [0.29, 0.717) is 5.92 Å². The Morgan fingerprint density at radius 3 is 2.59 bits per heavy atom. The van der Waals surface area contributed by atoms with Crippen molar-refractivity contribution in [3.05, 3.63) is 65.8 Å². The SMILES string of the molecule is C=C=CCCC(NCCCCC(C)c1ccc(F)c(C(C)C)c1)C(=C)NC. The van der Waals surface area contributed by atoms with E-state index in [4.69, 9.17) is 0 Å². The maximum absolute atomic E-state index is 13.9. The first-order valence-electron chi connectivity index (χ1n) is 10.1. The van der Waals surface area contributed by atoms with E-state index in [9.17, 15) is 4.39 Å². The molecule has 0 amide bonds. The zero-order valence-electron chi connectivity index (χ0n) is 17.6. The number of nitrogens with one attached hydrogen (secondary N) is 2. The van der Waals surface area contributed by atoms with Crippen molar-refractivity contribution in [3.8, 4) is 0 Å². The highest BCUT2D eigenvalue weighted by Gasteiger charge is 2.12. The van der Waals surface area contributed by atoms with Crippen LogP contribution in [0.2, 0.25) is 0 Å². The number of rotatable bonds is 13. The molecule has 1 aromatic carbocycles. The second-order valence-corrected chi connectivity index (χ2v) is 7.60. The molecule has 0 radical (unpaired) electrons. The van der Waals surface area contributed by atoms with Crippen molar-refractivity contribution in [3.63, 3.8) is 0 Å². The average Bonchev–Trinajstić information content (AvgIpc) is 2.65. The topological polar surface area (TPSA) is 24.1 Å². The lowest BCUT2D eigenvalue weighted by Crippen LogP contribution is -2.35. The Kier molecular flexibility index (Phi) is 10.8. The van der Waals surface area contributed by atoms with Gasteiger partial charge in [0.25, 0.3) is 0 Å². The lowest BCUT2D eigenvalue weighted by Gasteiger charge is -2.21. The fourth-order valence-corrected chi connectivity index (χ4v) is 3.26. The van der Waals surface area contributed by atoms with Gasteiger partial charge >= 0.3 is 0 Å². The lowest BCUT2D eigenvalue weighted by molar-refractivity contribution is 0.493. The van der Waals surface area contributed by atoms with Crippen molar-refractivity contribution in [2.24, 2.45) is 0 Å². The Morgan fingerprint density at radius 1 is 1.22 bits per heavy atom. The van der Waals surface area contributed by atoms with E-state index in [1.165, 1.54) is 5.56 Å². The van der Waals surface area contributed by atoms with Gasteiger partial charge in [0.15, 0.2) is 0 Å². The van der Waals surface area contributed by atoms with Crippen molar-refractivity contribution < 1.29 is 4.39 Å². The van der Waals surface area contributed by atoms with Gasteiger partial charge in [0.1, 0.15) is 5.82 Å². The van der Waals surface area contributed by atoms with Crippen molar-refractivity contribution in [2.75, 3.05) is 13.6 Å². The zero-order valence-corrected chi connectivity index (χ0v) is 17.6. The molecule has 0 spiro atoms. The highest BCUT2D eigenvalue weighted by atomic mass is 19.1. The minimum atomic E-state index is -0.0905. The summed E-state index contributed by atoms with van der Waals surface area (Å²) in [6.07, 6.45) is 7.28. The molecule has 0 aliphatic carbocycles. The number of unbranched alkanes of at least 4 members (excludes halogenated alkanes) is 1. The van der Waals surface area contributed by atoms with E-state index in [-0.39, 0.29) is 17.8 Å². The van der Waals surface area contributed by atoms with Gasteiger partial charge < -0.3 is 10.6 Å². The van der Waals surface area contributed by atoms with Crippen molar-refractivity contribution in [2.45, 2.75) is 70.8 Å². The predicted molar refractivity (Wildman–Crippen MR) is 116 cm³/mol. The molecule has 0 saturated carbocycles. The molecule has 0 bridgehead atoms. The summed E-state index contributed by atoms with van der Waals surface area (Å²) in [6, 6.07) is 5.87. The number of hydrogen-bond acceptors (Lipinski definition) is 2. The molecule has 0 aliphatic rings. The first kappa shape index (κ1) is 23.2. The fraction of sp³-hybridized carbons (Fsp3) is 0.542. The third kappa shape index (κ3) is 8.15. The third-order valence-corrected chi connectivity index (χ3v) is 5.15. The summed E-state index contributed by atoms with van der Waals surface area (Å²) in [5, 5.41) is 6.75. The van der Waals surface area contributed by atoms with Gasteiger partial charge in [0.05, 0.1) is 0 Å². The molecule has 27 heavy (non-hydrogen) atoms. The number of allylic oxidation sites excluding steroid dienone is 1. The standard InChI is InChI=1S/C24H37FN2/c1-7-8-9-13-24(20(5)26-6)27-16-11-10-12-19(4)21-14-15-23(25)22(17-21)18(2)3/h8,14-15,17-19,24,26-27H,1,5,9-13,16H2,2-4,6H3. The van der Waals surface area contributed by atoms with Gasteiger partial charge in [-0.1, -0.05) is 52.5 Å². The minimum absolute atomic E-state index is 0.0905. The number of hydrogen-bond donors (Lipinski definition) is 2. The molecule has 2 unspecified atom stereocenters. The average molecular weight is 373 g/mol. The van der Waals surface area contributed by atoms with E-state index >= 15 is 0 Å². The number of halogens is 1. The summed E-state index contributed by atoms with van der Waals surface area (Å²) in [5.41, 5.74) is 5.91. The van der Waals surface area contributed by atoms with Crippen LogP contribution < -0.4 is 10.6 Å². The van der Waals surface area contributed by atoms with E-state index in [0.717, 1.165) is 49.9 Å². The van der Waals surface area contributed by atoms with E-state index in [1.807, 2.05) is 39.1 Å². The third-order valence-electron chi connectivity index (χ3n) is 5.15. The van der Waals surface area contributed by atoms with E-state index < -0.39 is 0 Å². The second-order valence-electron chi connectivity index (χ2n) is 7.60. The van der Waals surface area contributed by atoms with Gasteiger partial charge in [0.2, 0.25) is 0 Å². The number of benzene rings is 1. The molecule has 0 aromatic heterocycles. The summed E-state index contributed by atoms with van der Waals surface area (Å²) in [6.45, 7) is 15.0. The van der Waals surface area contributed by atoms with Crippen LogP contribution in [-0.2, 0) is 0 Å². The monoisotopic (exact) mass is 372 g/mol. The molecule has 1 rings (SSSR count). The van der Waals surface area contributed by atoms with Crippen LogP contribution in [-0.4, -0.2) is 19.6 Å². The molecule has 0 aliphatic heterocycles. The van der Waals surface area contributed by atoms with Gasteiger partial charge in [-0.3, -0.25) is 0 Å². The number of likely N-dealkylation sites (N-methyl/N-ethyl adjacent to an activating group) is 1. The van der Waals surface area contributed by atoms with Crippen LogP contribution in [0.5, 0.6) is 0 Å². The highest BCUT2D eigenvalue weighted by Crippen LogP contribution is 2.26. The molecule has 0 saturated heterocycles. The predicted octanol–water partition coefficient (Wildman–Crippen LogP) is 6.04. The lowest BCUT2D eigenvalue weighted by atomic mass is 9.91. The van der Waals surface area contributed by atoms with Crippen LogP contribution in [0, 0.1) is 5.82 Å². The molecule has 1 aromatic rings. The van der Waals surface area contributed by atoms with Crippen LogP contribution in [0.15, 0.2) is 48.9 Å². The molecule has 2 nitrogen and oxygen atoms in total. The molecular formula is C24H37FN2. The Morgan fingerprint density at radius 2 is 1.96 bits per heavy atom. The van der Waals surface area contributed by atoms with Crippen LogP contribution in [0.1, 0.15) is 75.8 Å². The Balaban J connectivity index is 2.42. The first-order chi connectivity index (χ1) is 12.9. The second kappa shape index (κ2) is 12.5. The van der Waals surface area contributed by atoms with Gasteiger partial charge in [-0.05, 0) is 67.3 Å². The summed E-state index contributed by atoms with van der Waals surface area (Å²) in [5.74, 6) is 0.575. The van der Waals surface area contributed by atoms with Crippen molar-refractivity contribution in [1.29, 1.82) is 0 Å². The molecule has 150 valence electrons. The normalized spacial score (nSPS) is 13.1. The highest BCUT2D eigenvalue weighted by molar-refractivity contribution is 5.29.